The summed E-state index contributed by atoms with van der Waals surface area (Å²) in [6.07, 6.45) is 4.23. The number of hydrogen-bond acceptors (Lipinski definition) is 7. The second-order valence-corrected chi connectivity index (χ2v) is 11.6. The van der Waals surface area contributed by atoms with E-state index in [0.29, 0.717) is 0 Å². The van der Waals surface area contributed by atoms with E-state index in [1.165, 1.54) is 7.11 Å². The lowest BCUT2D eigenvalue weighted by atomic mass is 9.41. The van der Waals surface area contributed by atoms with Gasteiger partial charge < -0.3 is 18.6 Å². The highest BCUT2D eigenvalue weighted by atomic mass is 16.6. The summed E-state index contributed by atoms with van der Waals surface area (Å²) < 4.78 is 23.2. The minimum absolute atomic E-state index is 0.00254. The Morgan fingerprint density at radius 2 is 1.97 bits per heavy atom. The van der Waals surface area contributed by atoms with E-state index in [1.807, 2.05) is 19.9 Å². The van der Waals surface area contributed by atoms with Crippen LogP contribution in [0.3, 0.4) is 0 Å². The highest BCUT2D eigenvalue weighted by Gasteiger charge is 2.73. The van der Waals surface area contributed by atoms with Crippen LogP contribution >= 0.6 is 0 Å². The normalized spacial score (nSPS) is 42.9. The summed E-state index contributed by atoms with van der Waals surface area (Å²) in [6.45, 7) is 12.6. The Labute approximate surface area is 200 Å². The van der Waals surface area contributed by atoms with Crippen molar-refractivity contribution >= 4 is 17.7 Å². The van der Waals surface area contributed by atoms with Crippen molar-refractivity contribution in [1.82, 2.24) is 0 Å². The topological polar surface area (TPSA) is 92.0 Å². The predicted molar refractivity (Wildman–Crippen MR) is 121 cm³/mol. The summed E-state index contributed by atoms with van der Waals surface area (Å²) in [4.78, 5) is 38.8. The molecule has 0 aromatic carbocycles. The van der Waals surface area contributed by atoms with Gasteiger partial charge in [-0.1, -0.05) is 34.3 Å². The Kier molecular flexibility index (Phi) is 5.01. The van der Waals surface area contributed by atoms with Gasteiger partial charge in [-0.3, -0.25) is 14.4 Å². The van der Waals surface area contributed by atoms with Gasteiger partial charge in [0, 0.05) is 34.7 Å². The first-order valence-electron chi connectivity index (χ1n) is 12.1. The van der Waals surface area contributed by atoms with Crippen molar-refractivity contribution < 1.29 is 33.0 Å². The van der Waals surface area contributed by atoms with Crippen LogP contribution in [-0.2, 0) is 28.6 Å². The Balaban J connectivity index is 1.63. The van der Waals surface area contributed by atoms with Gasteiger partial charge in [0.1, 0.15) is 17.5 Å². The maximum atomic E-state index is 13.4. The zero-order valence-corrected chi connectivity index (χ0v) is 20.6. The number of methoxy groups -OCH3 is 1. The van der Waals surface area contributed by atoms with Crippen LogP contribution in [0.25, 0.3) is 0 Å². The van der Waals surface area contributed by atoms with Crippen LogP contribution in [0.1, 0.15) is 71.5 Å². The lowest BCUT2D eigenvalue weighted by Crippen LogP contribution is -2.72. The zero-order valence-electron chi connectivity index (χ0n) is 20.6. The molecule has 7 nitrogen and oxygen atoms in total. The molecule has 2 saturated carbocycles. The van der Waals surface area contributed by atoms with E-state index in [9.17, 15) is 14.4 Å². The van der Waals surface area contributed by atoms with Crippen molar-refractivity contribution in [3.05, 3.63) is 36.3 Å². The summed E-state index contributed by atoms with van der Waals surface area (Å²) in [5.41, 5.74) is -1.05. The molecule has 1 spiro atoms. The molecule has 2 aliphatic carbocycles. The molecule has 5 rings (SSSR count). The molecule has 1 aromatic rings. The summed E-state index contributed by atoms with van der Waals surface area (Å²) >= 11 is 0. The van der Waals surface area contributed by atoms with Gasteiger partial charge in [-0.2, -0.15) is 0 Å². The summed E-state index contributed by atoms with van der Waals surface area (Å²) in [7, 11) is 1.38. The molecular formula is C27H34O7. The van der Waals surface area contributed by atoms with Crippen LogP contribution in [0.4, 0.5) is 0 Å². The maximum absolute atomic E-state index is 13.4. The number of carbonyl (C=O) groups is 3. The van der Waals surface area contributed by atoms with E-state index < -0.39 is 34.1 Å². The summed E-state index contributed by atoms with van der Waals surface area (Å²) in [5, 5.41) is 0. The fraction of sp³-hybridized carbons (Fsp3) is 0.667. The Hall–Kier alpha value is -2.41. The highest BCUT2D eigenvalue weighted by molar-refractivity contribution is 5.87. The second kappa shape index (κ2) is 7.30. The minimum Gasteiger partial charge on any atom is -0.472 e. The highest BCUT2D eigenvalue weighted by Crippen LogP contribution is 2.71. The van der Waals surface area contributed by atoms with Crippen molar-refractivity contribution in [3.8, 4) is 0 Å². The fourth-order valence-electron chi connectivity index (χ4n) is 7.88. The molecule has 0 amide bonds. The molecule has 0 N–H and O–H groups in total. The zero-order chi connectivity index (χ0) is 24.7. The van der Waals surface area contributed by atoms with Gasteiger partial charge in [0.05, 0.1) is 32.2 Å². The van der Waals surface area contributed by atoms with E-state index >= 15 is 0 Å². The monoisotopic (exact) mass is 470 g/mol. The molecule has 184 valence electrons. The van der Waals surface area contributed by atoms with Crippen LogP contribution in [0.5, 0.6) is 0 Å². The lowest BCUT2D eigenvalue weighted by molar-refractivity contribution is -0.298. The van der Waals surface area contributed by atoms with Crippen molar-refractivity contribution in [1.29, 1.82) is 0 Å². The SMILES string of the molecule is C=C1C2CC[C@@]3(C)[C@H](c4ccoc4)OC(=O)C[C@]13OC1CC(=O)C(C)(C)C(CC(=O)OC)[C@@]12C. The van der Waals surface area contributed by atoms with Crippen LogP contribution in [0, 0.1) is 28.1 Å². The molecule has 0 radical (unpaired) electrons. The Morgan fingerprint density at radius 1 is 1.24 bits per heavy atom. The molecule has 7 heteroatoms. The largest absolute Gasteiger partial charge is 0.472 e. The van der Waals surface area contributed by atoms with Crippen LogP contribution in [-0.4, -0.2) is 36.5 Å². The van der Waals surface area contributed by atoms with Gasteiger partial charge in [0.2, 0.25) is 0 Å². The van der Waals surface area contributed by atoms with Crippen LogP contribution in [0.2, 0.25) is 0 Å². The van der Waals surface area contributed by atoms with Gasteiger partial charge in [-0.25, -0.2) is 0 Å². The van der Waals surface area contributed by atoms with Crippen molar-refractivity contribution in [2.45, 2.75) is 77.6 Å². The minimum atomic E-state index is -0.949. The van der Waals surface area contributed by atoms with Gasteiger partial charge in [-0.05, 0) is 36.3 Å². The smallest absolute Gasteiger partial charge is 0.309 e. The molecule has 2 bridgehead atoms. The molecule has 2 aliphatic heterocycles. The number of carbonyl (C=O) groups excluding carboxylic acids is 3. The Bertz CT molecular complexity index is 1060. The first-order chi connectivity index (χ1) is 15.9. The van der Waals surface area contributed by atoms with Gasteiger partial charge in [0.15, 0.2) is 0 Å². The van der Waals surface area contributed by atoms with Crippen molar-refractivity contribution in [3.63, 3.8) is 0 Å². The number of ether oxygens (including phenoxy) is 3. The summed E-state index contributed by atoms with van der Waals surface area (Å²) in [6, 6.07) is 1.82. The predicted octanol–water partition coefficient (Wildman–Crippen LogP) is 4.56. The van der Waals surface area contributed by atoms with Crippen LogP contribution < -0.4 is 0 Å². The van der Waals surface area contributed by atoms with E-state index in [0.717, 1.165) is 24.0 Å². The number of Topliss-reactive ketones (excluding diaryl/α,β-unsaturated/α-hetero) is 1. The number of fused-ring (bicyclic) bond motifs is 3. The first-order valence-corrected chi connectivity index (χ1v) is 12.1. The third-order valence-electron chi connectivity index (χ3n) is 9.98. The molecule has 7 atom stereocenters. The van der Waals surface area contributed by atoms with Gasteiger partial charge in [-0.15, -0.1) is 0 Å². The van der Waals surface area contributed by atoms with Gasteiger partial charge in [0.25, 0.3) is 0 Å². The molecule has 1 aromatic heterocycles. The molecule has 2 saturated heterocycles. The summed E-state index contributed by atoms with van der Waals surface area (Å²) in [5.74, 6) is -0.889. The molecule has 4 aliphatic rings. The Morgan fingerprint density at radius 3 is 2.62 bits per heavy atom. The number of esters is 2. The van der Waals surface area contributed by atoms with Crippen LogP contribution in [0.15, 0.2) is 35.2 Å². The van der Waals surface area contributed by atoms with E-state index in [-0.39, 0.29) is 48.8 Å². The van der Waals surface area contributed by atoms with E-state index in [1.54, 1.807) is 12.5 Å². The standard InChI is InChI=1S/C27H34O7/c1-15-17-7-9-25(4)23(16-8-10-32-14-16)33-22(30)13-27(15,25)34-20-12-19(28)24(2,3)18(26(17,20)5)11-21(29)31-6/h8,10,14,17-18,20,23H,1,7,9,11-13H2,2-6H3/t17?,18?,20?,23-,25-,26-,27-/m0/s1. The number of hydrogen-bond donors (Lipinski definition) is 0. The van der Waals surface area contributed by atoms with E-state index in [2.05, 4.69) is 20.4 Å². The average molecular weight is 471 g/mol. The first kappa shape index (κ1) is 23.3. The maximum Gasteiger partial charge on any atom is 0.309 e. The quantitative estimate of drug-likeness (QED) is 0.472. The average Bonchev–Trinajstić information content (AvgIpc) is 3.30. The number of rotatable bonds is 3. The van der Waals surface area contributed by atoms with Crippen molar-refractivity contribution in [2.24, 2.45) is 28.1 Å². The fourth-order valence-corrected chi connectivity index (χ4v) is 7.88. The van der Waals surface area contributed by atoms with E-state index in [4.69, 9.17) is 18.6 Å². The molecule has 3 heterocycles. The molecule has 3 unspecified atom stereocenters. The number of ketones is 1. The molecule has 34 heavy (non-hydrogen) atoms. The number of furan rings is 1. The van der Waals surface area contributed by atoms with Gasteiger partial charge >= 0.3 is 11.9 Å². The second-order valence-electron chi connectivity index (χ2n) is 11.6. The third-order valence-corrected chi connectivity index (χ3v) is 9.98. The molecule has 4 fully saturated rings. The van der Waals surface area contributed by atoms with Crippen molar-refractivity contribution in [2.75, 3.05) is 7.11 Å². The number of cyclic esters (lactones) is 1. The molecular weight excluding hydrogens is 436 g/mol. The third kappa shape index (κ3) is 2.76. The lowest BCUT2D eigenvalue weighted by Gasteiger charge is -2.70.